The van der Waals surface area contributed by atoms with Crippen LogP contribution in [0.5, 0.6) is 0 Å². The van der Waals surface area contributed by atoms with Crippen LogP contribution in [0.2, 0.25) is 0 Å². The van der Waals surface area contributed by atoms with Crippen molar-refractivity contribution in [1.82, 2.24) is 4.90 Å². The van der Waals surface area contributed by atoms with Gasteiger partial charge in [-0.2, -0.15) is 0 Å². The standard InChI is InChI=1S/C12H22N2/c1-9-10(2)12(8-14(3)4)6-5-11(9)7-13/h5-6,9-10H,7-8,13H2,1-4H3. The molecule has 2 unspecified atom stereocenters. The molecule has 0 aliphatic heterocycles. The quantitative estimate of drug-likeness (QED) is 0.740. The van der Waals surface area contributed by atoms with E-state index in [9.17, 15) is 0 Å². The zero-order valence-electron chi connectivity index (χ0n) is 9.75. The molecular formula is C12H22N2. The Morgan fingerprint density at radius 3 is 2.14 bits per heavy atom. The number of likely N-dealkylation sites (N-methyl/N-ethyl adjacent to an activating group) is 1. The van der Waals surface area contributed by atoms with Gasteiger partial charge in [0, 0.05) is 13.1 Å². The lowest BCUT2D eigenvalue weighted by Gasteiger charge is -2.29. The molecule has 2 nitrogen and oxygen atoms in total. The molecule has 0 spiro atoms. The highest BCUT2D eigenvalue weighted by Gasteiger charge is 2.22. The van der Waals surface area contributed by atoms with Gasteiger partial charge in [-0.15, -0.1) is 0 Å². The second-order valence-electron chi connectivity index (χ2n) is 4.50. The maximum Gasteiger partial charge on any atom is 0.0192 e. The molecule has 80 valence electrons. The molecule has 0 aromatic carbocycles. The molecule has 0 aromatic rings. The van der Waals surface area contributed by atoms with Crippen molar-refractivity contribution in [1.29, 1.82) is 0 Å². The van der Waals surface area contributed by atoms with E-state index >= 15 is 0 Å². The highest BCUT2D eigenvalue weighted by molar-refractivity contribution is 5.29. The first-order valence-corrected chi connectivity index (χ1v) is 5.30. The Bertz CT molecular complexity index is 251. The Kier molecular flexibility index (Phi) is 3.90. The first-order valence-electron chi connectivity index (χ1n) is 5.30. The van der Waals surface area contributed by atoms with Crippen LogP contribution in [0.4, 0.5) is 0 Å². The van der Waals surface area contributed by atoms with Crippen LogP contribution in [-0.4, -0.2) is 32.1 Å². The summed E-state index contributed by atoms with van der Waals surface area (Å²) in [7, 11) is 4.22. The molecule has 1 rings (SSSR count). The van der Waals surface area contributed by atoms with Gasteiger partial charge in [0.1, 0.15) is 0 Å². The van der Waals surface area contributed by atoms with Gasteiger partial charge in [-0.05, 0) is 25.9 Å². The van der Waals surface area contributed by atoms with Crippen LogP contribution in [0.25, 0.3) is 0 Å². The van der Waals surface area contributed by atoms with E-state index in [4.69, 9.17) is 5.73 Å². The van der Waals surface area contributed by atoms with Crippen LogP contribution in [0.15, 0.2) is 23.3 Å². The Labute approximate surface area is 87.5 Å². The summed E-state index contributed by atoms with van der Waals surface area (Å²) in [5.41, 5.74) is 8.58. The zero-order chi connectivity index (χ0) is 10.7. The zero-order valence-corrected chi connectivity index (χ0v) is 9.75. The number of allylic oxidation sites excluding steroid dienone is 2. The molecule has 0 heterocycles. The van der Waals surface area contributed by atoms with E-state index in [1.165, 1.54) is 11.1 Å². The maximum atomic E-state index is 5.69. The molecule has 0 bridgehead atoms. The van der Waals surface area contributed by atoms with Crippen LogP contribution in [0, 0.1) is 11.8 Å². The summed E-state index contributed by atoms with van der Waals surface area (Å²) in [6.07, 6.45) is 4.44. The van der Waals surface area contributed by atoms with Gasteiger partial charge < -0.3 is 10.6 Å². The monoisotopic (exact) mass is 194 g/mol. The molecule has 0 radical (unpaired) electrons. The molecule has 2 atom stereocenters. The molecule has 0 fully saturated rings. The van der Waals surface area contributed by atoms with Gasteiger partial charge in [0.2, 0.25) is 0 Å². The Morgan fingerprint density at radius 2 is 1.64 bits per heavy atom. The van der Waals surface area contributed by atoms with Crippen LogP contribution < -0.4 is 5.73 Å². The maximum absolute atomic E-state index is 5.69. The summed E-state index contributed by atoms with van der Waals surface area (Å²) in [5, 5.41) is 0. The lowest BCUT2D eigenvalue weighted by Crippen LogP contribution is -2.26. The fourth-order valence-corrected chi connectivity index (χ4v) is 1.98. The molecule has 2 heteroatoms. The van der Waals surface area contributed by atoms with Crippen LogP contribution >= 0.6 is 0 Å². The third kappa shape index (κ3) is 2.46. The Hall–Kier alpha value is -0.600. The number of hydrogen-bond donors (Lipinski definition) is 1. The molecule has 0 saturated heterocycles. The minimum atomic E-state index is 0.597. The first kappa shape index (κ1) is 11.5. The number of rotatable bonds is 3. The molecule has 1 aliphatic rings. The second kappa shape index (κ2) is 4.76. The Morgan fingerprint density at radius 1 is 1.14 bits per heavy atom. The highest BCUT2D eigenvalue weighted by Crippen LogP contribution is 2.30. The highest BCUT2D eigenvalue weighted by atomic mass is 15.0. The summed E-state index contributed by atoms with van der Waals surface area (Å²) in [6, 6.07) is 0. The van der Waals surface area contributed by atoms with E-state index in [0.29, 0.717) is 18.4 Å². The van der Waals surface area contributed by atoms with Gasteiger partial charge in [-0.25, -0.2) is 0 Å². The minimum Gasteiger partial charge on any atom is -0.327 e. The van der Waals surface area contributed by atoms with Crippen molar-refractivity contribution in [2.45, 2.75) is 13.8 Å². The SMILES string of the molecule is CC1C(CN)=CC=C(CN(C)C)C1C. The summed E-state index contributed by atoms with van der Waals surface area (Å²) in [5.74, 6) is 1.22. The van der Waals surface area contributed by atoms with Crippen molar-refractivity contribution >= 4 is 0 Å². The fourth-order valence-electron chi connectivity index (χ4n) is 1.98. The van der Waals surface area contributed by atoms with Gasteiger partial charge in [-0.3, -0.25) is 0 Å². The minimum absolute atomic E-state index is 0.597. The summed E-state index contributed by atoms with van der Waals surface area (Å²) in [4.78, 5) is 2.22. The third-order valence-corrected chi connectivity index (χ3v) is 3.17. The lowest BCUT2D eigenvalue weighted by atomic mass is 9.79. The molecule has 0 amide bonds. The van der Waals surface area contributed by atoms with E-state index in [-0.39, 0.29) is 0 Å². The molecule has 0 saturated carbocycles. The molecule has 0 aromatic heterocycles. The normalized spacial score (nSPS) is 27.6. The topological polar surface area (TPSA) is 29.3 Å². The summed E-state index contributed by atoms with van der Waals surface area (Å²) < 4.78 is 0. The molecule has 2 N–H and O–H groups in total. The smallest absolute Gasteiger partial charge is 0.0192 e. The lowest BCUT2D eigenvalue weighted by molar-refractivity contribution is 0.393. The molecule has 1 aliphatic carbocycles. The van der Waals surface area contributed by atoms with E-state index in [1.54, 1.807) is 0 Å². The summed E-state index contributed by atoms with van der Waals surface area (Å²) >= 11 is 0. The first-order chi connectivity index (χ1) is 6.56. The van der Waals surface area contributed by atoms with Gasteiger partial charge in [0.25, 0.3) is 0 Å². The van der Waals surface area contributed by atoms with E-state index in [0.717, 1.165) is 6.54 Å². The predicted octanol–water partition coefficient (Wildman–Crippen LogP) is 1.65. The number of nitrogens with zero attached hydrogens (tertiary/aromatic N) is 1. The van der Waals surface area contributed by atoms with Crippen molar-refractivity contribution < 1.29 is 0 Å². The van der Waals surface area contributed by atoms with Gasteiger partial charge in [-0.1, -0.05) is 37.1 Å². The molecular weight excluding hydrogens is 172 g/mol. The van der Waals surface area contributed by atoms with Crippen molar-refractivity contribution in [3.8, 4) is 0 Å². The van der Waals surface area contributed by atoms with Gasteiger partial charge in [0.15, 0.2) is 0 Å². The number of nitrogens with two attached hydrogens (primary N) is 1. The van der Waals surface area contributed by atoms with Crippen molar-refractivity contribution in [3.05, 3.63) is 23.3 Å². The average molecular weight is 194 g/mol. The van der Waals surface area contributed by atoms with E-state index in [1.807, 2.05) is 0 Å². The summed E-state index contributed by atoms with van der Waals surface area (Å²) in [6.45, 7) is 6.31. The van der Waals surface area contributed by atoms with Gasteiger partial charge in [0.05, 0.1) is 0 Å². The van der Waals surface area contributed by atoms with Crippen LogP contribution in [-0.2, 0) is 0 Å². The molecule has 14 heavy (non-hydrogen) atoms. The number of hydrogen-bond acceptors (Lipinski definition) is 2. The van der Waals surface area contributed by atoms with Gasteiger partial charge >= 0.3 is 0 Å². The van der Waals surface area contributed by atoms with E-state index in [2.05, 4.69) is 45.0 Å². The van der Waals surface area contributed by atoms with Crippen molar-refractivity contribution in [3.63, 3.8) is 0 Å². The second-order valence-corrected chi connectivity index (χ2v) is 4.50. The largest absolute Gasteiger partial charge is 0.327 e. The third-order valence-electron chi connectivity index (χ3n) is 3.17. The van der Waals surface area contributed by atoms with E-state index < -0.39 is 0 Å². The van der Waals surface area contributed by atoms with Crippen LogP contribution in [0.1, 0.15) is 13.8 Å². The average Bonchev–Trinajstić information content (AvgIpc) is 2.13. The Balaban J connectivity index is 2.78. The van der Waals surface area contributed by atoms with Crippen molar-refractivity contribution in [2.75, 3.05) is 27.2 Å². The van der Waals surface area contributed by atoms with Crippen LogP contribution in [0.3, 0.4) is 0 Å². The predicted molar refractivity (Wildman–Crippen MR) is 62.1 cm³/mol. The fraction of sp³-hybridized carbons (Fsp3) is 0.667. The van der Waals surface area contributed by atoms with Crippen molar-refractivity contribution in [2.24, 2.45) is 17.6 Å².